The molecule has 1 N–H and O–H groups in total. The van der Waals surface area contributed by atoms with Crippen LogP contribution in [0.1, 0.15) is 66.2 Å². The number of rotatable bonds is 6. The second kappa shape index (κ2) is 9.69. The Hall–Kier alpha value is -2.19. The third-order valence-corrected chi connectivity index (χ3v) is 7.87. The lowest BCUT2D eigenvalue weighted by Gasteiger charge is -2.41. The maximum Gasteiger partial charge on any atom is 0.313 e. The Balaban J connectivity index is 1.77. The number of aliphatic hydroxyl groups is 1. The third kappa shape index (κ3) is 4.44. The summed E-state index contributed by atoms with van der Waals surface area (Å²) in [5, 5.41) is 9.09. The second-order valence-corrected chi connectivity index (χ2v) is 11.4. The first-order valence-corrected chi connectivity index (χ1v) is 13.0. The first-order chi connectivity index (χ1) is 16.6. The molecule has 2 fully saturated rings. The van der Waals surface area contributed by atoms with Crippen molar-refractivity contribution in [1.29, 1.82) is 0 Å². The molecule has 35 heavy (non-hydrogen) atoms. The number of amides is 2. The minimum Gasteiger partial charge on any atom is -0.465 e. The van der Waals surface area contributed by atoms with E-state index in [2.05, 4.69) is 0 Å². The number of carbonyl (C=O) groups excluding carboxylic acids is 3. The predicted octanol–water partition coefficient (Wildman–Crippen LogP) is 2.60. The van der Waals surface area contributed by atoms with Gasteiger partial charge in [0.15, 0.2) is 0 Å². The van der Waals surface area contributed by atoms with Crippen LogP contribution in [0.5, 0.6) is 0 Å². The van der Waals surface area contributed by atoms with Gasteiger partial charge in [-0.05, 0) is 53.4 Å². The molecule has 0 aromatic heterocycles. The van der Waals surface area contributed by atoms with Crippen molar-refractivity contribution in [2.24, 2.45) is 11.8 Å². The standard InChI is InChI=1S/C27H40N2O6/c1-25(2,3)29-16-12-14-27-19(20-24(33)34-18-11-7-8-13-26(20,4)35-27)22(31)28(21(27)23(29)32)15-9-5-6-10-17-30/h8,12-14,19-21,30H,5-7,9-11,15-18H2,1-4H3/b13-8-/t19-,20+,21?,26-,27-/m0/s1. The molecular formula is C27H40N2O6. The summed E-state index contributed by atoms with van der Waals surface area (Å²) >= 11 is 0. The maximum absolute atomic E-state index is 14.1. The monoisotopic (exact) mass is 488 g/mol. The Bertz CT molecular complexity index is 908. The molecule has 4 aliphatic heterocycles. The summed E-state index contributed by atoms with van der Waals surface area (Å²) in [6.07, 6.45) is 12.3. The molecule has 0 saturated carbocycles. The van der Waals surface area contributed by atoms with Gasteiger partial charge in [0.25, 0.3) is 0 Å². The van der Waals surface area contributed by atoms with Gasteiger partial charge in [0.2, 0.25) is 11.8 Å². The van der Waals surface area contributed by atoms with Crippen LogP contribution in [0.4, 0.5) is 0 Å². The summed E-state index contributed by atoms with van der Waals surface area (Å²) < 4.78 is 12.4. The molecule has 0 aromatic carbocycles. The number of cyclic esters (lactones) is 1. The van der Waals surface area contributed by atoms with E-state index in [1.165, 1.54) is 0 Å². The highest BCUT2D eigenvalue weighted by Gasteiger charge is 2.74. The molecule has 1 spiro atoms. The molecule has 4 heterocycles. The van der Waals surface area contributed by atoms with Crippen LogP contribution in [0.25, 0.3) is 0 Å². The van der Waals surface area contributed by atoms with Crippen molar-refractivity contribution in [3.63, 3.8) is 0 Å². The molecule has 8 nitrogen and oxygen atoms in total. The Morgan fingerprint density at radius 3 is 2.49 bits per heavy atom. The van der Waals surface area contributed by atoms with Gasteiger partial charge in [-0.25, -0.2) is 0 Å². The smallest absolute Gasteiger partial charge is 0.313 e. The van der Waals surface area contributed by atoms with Gasteiger partial charge < -0.3 is 24.4 Å². The molecule has 0 aromatic rings. The Morgan fingerprint density at radius 2 is 1.77 bits per heavy atom. The fraction of sp³-hybridized carbons (Fsp3) is 0.741. The number of aliphatic hydroxyl groups excluding tert-OH is 1. The van der Waals surface area contributed by atoms with Gasteiger partial charge in [-0.2, -0.15) is 0 Å². The van der Waals surface area contributed by atoms with Gasteiger partial charge in [0.05, 0.1) is 18.1 Å². The van der Waals surface area contributed by atoms with Crippen molar-refractivity contribution < 1.29 is 29.0 Å². The predicted molar refractivity (Wildman–Crippen MR) is 130 cm³/mol. The van der Waals surface area contributed by atoms with Crippen molar-refractivity contribution in [3.05, 3.63) is 24.3 Å². The van der Waals surface area contributed by atoms with Crippen LogP contribution in [0.15, 0.2) is 24.3 Å². The second-order valence-electron chi connectivity index (χ2n) is 11.4. The zero-order valence-corrected chi connectivity index (χ0v) is 21.5. The van der Waals surface area contributed by atoms with E-state index >= 15 is 0 Å². The molecule has 4 aliphatic rings. The normalized spacial score (nSPS) is 36.0. The summed E-state index contributed by atoms with van der Waals surface area (Å²) in [5.41, 5.74) is -2.72. The van der Waals surface area contributed by atoms with Gasteiger partial charge in [-0.1, -0.05) is 37.1 Å². The summed E-state index contributed by atoms with van der Waals surface area (Å²) in [6.45, 7) is 9.05. The lowest BCUT2D eigenvalue weighted by molar-refractivity contribution is -0.160. The van der Waals surface area contributed by atoms with Crippen LogP contribution >= 0.6 is 0 Å². The highest BCUT2D eigenvalue weighted by molar-refractivity contribution is 5.99. The number of esters is 1. The summed E-state index contributed by atoms with van der Waals surface area (Å²) in [6, 6.07) is -0.843. The molecule has 0 aliphatic carbocycles. The molecule has 0 bridgehead atoms. The van der Waals surface area contributed by atoms with E-state index < -0.39 is 40.6 Å². The Morgan fingerprint density at radius 1 is 1.03 bits per heavy atom. The van der Waals surface area contributed by atoms with E-state index in [0.717, 1.165) is 25.7 Å². The number of ether oxygens (including phenoxy) is 2. The van der Waals surface area contributed by atoms with Crippen LogP contribution in [-0.4, -0.2) is 81.8 Å². The van der Waals surface area contributed by atoms with E-state index in [4.69, 9.17) is 14.6 Å². The quantitative estimate of drug-likeness (QED) is 0.351. The zero-order chi connectivity index (χ0) is 25.4. The topological polar surface area (TPSA) is 96.4 Å². The molecule has 194 valence electrons. The van der Waals surface area contributed by atoms with E-state index in [9.17, 15) is 14.4 Å². The third-order valence-electron chi connectivity index (χ3n) is 7.87. The highest BCUT2D eigenvalue weighted by atomic mass is 16.6. The van der Waals surface area contributed by atoms with Crippen LogP contribution in [0.2, 0.25) is 0 Å². The van der Waals surface area contributed by atoms with Crippen LogP contribution < -0.4 is 0 Å². The van der Waals surface area contributed by atoms with E-state index in [-0.39, 0.29) is 18.4 Å². The molecule has 2 amide bonds. The minimum atomic E-state index is -1.23. The summed E-state index contributed by atoms with van der Waals surface area (Å²) in [4.78, 5) is 45.0. The van der Waals surface area contributed by atoms with Gasteiger partial charge >= 0.3 is 5.97 Å². The van der Waals surface area contributed by atoms with E-state index in [1.54, 1.807) is 9.80 Å². The van der Waals surface area contributed by atoms with Crippen molar-refractivity contribution in [2.45, 2.75) is 89.0 Å². The van der Waals surface area contributed by atoms with Gasteiger partial charge in [0.1, 0.15) is 17.6 Å². The zero-order valence-electron chi connectivity index (χ0n) is 21.5. The van der Waals surface area contributed by atoms with E-state index in [0.29, 0.717) is 32.5 Å². The van der Waals surface area contributed by atoms with Gasteiger partial charge in [-0.3, -0.25) is 14.4 Å². The number of allylic oxidation sites excluding steroid dienone is 1. The van der Waals surface area contributed by atoms with Crippen molar-refractivity contribution in [2.75, 3.05) is 26.3 Å². The SMILES string of the molecule is CC(C)(C)N1CC=C[C@]23O[C@@]4(C)/C=C\CCCOC(=O)[C@H]4[C@H]2C(=O)N(CCCCCCO)C3C1=O. The van der Waals surface area contributed by atoms with Gasteiger partial charge in [0, 0.05) is 25.2 Å². The van der Waals surface area contributed by atoms with Crippen LogP contribution in [-0.2, 0) is 23.9 Å². The van der Waals surface area contributed by atoms with E-state index in [1.807, 2.05) is 52.0 Å². The van der Waals surface area contributed by atoms with Crippen LogP contribution in [0, 0.1) is 11.8 Å². The molecule has 1 unspecified atom stereocenters. The van der Waals surface area contributed by atoms with Crippen molar-refractivity contribution in [3.8, 4) is 0 Å². The number of hydrogen-bond acceptors (Lipinski definition) is 6. The van der Waals surface area contributed by atoms with Crippen LogP contribution in [0.3, 0.4) is 0 Å². The Kier molecular flexibility index (Phi) is 7.17. The number of hydrogen-bond donors (Lipinski definition) is 1. The molecular weight excluding hydrogens is 448 g/mol. The average molecular weight is 489 g/mol. The molecule has 4 rings (SSSR count). The molecule has 8 heteroatoms. The Labute approximate surface area is 208 Å². The minimum absolute atomic E-state index is 0.143. The van der Waals surface area contributed by atoms with Crippen molar-refractivity contribution >= 4 is 17.8 Å². The lowest BCUT2D eigenvalue weighted by Crippen LogP contribution is -2.59. The summed E-state index contributed by atoms with van der Waals surface area (Å²) in [5.74, 6) is -2.46. The van der Waals surface area contributed by atoms with Gasteiger partial charge in [-0.15, -0.1) is 0 Å². The van der Waals surface area contributed by atoms with Crippen molar-refractivity contribution in [1.82, 2.24) is 9.80 Å². The fourth-order valence-electron chi connectivity index (χ4n) is 6.23. The molecule has 0 radical (unpaired) electrons. The number of nitrogens with zero attached hydrogens (tertiary/aromatic N) is 2. The summed E-state index contributed by atoms with van der Waals surface area (Å²) in [7, 11) is 0. The highest BCUT2D eigenvalue weighted by Crippen LogP contribution is 2.57. The number of fused-ring (bicyclic) bond motifs is 2. The first-order valence-electron chi connectivity index (χ1n) is 13.0. The molecule has 5 atom stereocenters. The number of likely N-dealkylation sites (tertiary alicyclic amines) is 1. The molecule has 2 saturated heterocycles. The fourth-order valence-corrected chi connectivity index (χ4v) is 6.23. The maximum atomic E-state index is 14.1. The average Bonchev–Trinajstić information content (AvgIpc) is 3.12. The number of carbonyl (C=O) groups is 3. The first kappa shape index (κ1) is 25.9. The lowest BCUT2D eigenvalue weighted by atomic mass is 9.74. The number of unbranched alkanes of at least 4 members (excludes halogenated alkanes) is 3. The largest absolute Gasteiger partial charge is 0.465 e.